The predicted octanol–water partition coefficient (Wildman–Crippen LogP) is 4.01. The van der Waals surface area contributed by atoms with Crippen LogP contribution in [0.4, 0.5) is 0 Å². The Balaban J connectivity index is 0.00000338. The summed E-state index contributed by atoms with van der Waals surface area (Å²) in [4.78, 5) is 26.5. The van der Waals surface area contributed by atoms with Crippen LogP contribution in [0.25, 0.3) is 0 Å². The molecule has 0 bridgehead atoms. The maximum absolute atomic E-state index is 12.3. The summed E-state index contributed by atoms with van der Waals surface area (Å²) in [6.45, 7) is 3.79. The first-order chi connectivity index (χ1) is 12.1. The minimum absolute atomic E-state index is 0. The van der Waals surface area contributed by atoms with E-state index in [1.807, 2.05) is 36.2 Å². The molecule has 146 valence electrons. The lowest BCUT2D eigenvalue weighted by Crippen LogP contribution is -2.44. The molecular formula is C21H33ClN2O2. The zero-order chi connectivity index (χ0) is 18.1. The molecular weight excluding hydrogens is 348 g/mol. The van der Waals surface area contributed by atoms with Crippen LogP contribution in [0.15, 0.2) is 24.3 Å². The van der Waals surface area contributed by atoms with E-state index in [9.17, 15) is 9.59 Å². The molecule has 1 fully saturated rings. The lowest BCUT2D eigenvalue weighted by molar-refractivity contribution is -0.132. The van der Waals surface area contributed by atoms with Gasteiger partial charge in [0.15, 0.2) is 5.78 Å². The smallest absolute Gasteiger partial charge is 0.223 e. The van der Waals surface area contributed by atoms with E-state index >= 15 is 0 Å². The van der Waals surface area contributed by atoms with Crippen molar-refractivity contribution in [2.45, 2.75) is 64.3 Å². The van der Waals surface area contributed by atoms with Crippen LogP contribution in [0, 0.1) is 0 Å². The van der Waals surface area contributed by atoms with Crippen molar-refractivity contribution in [2.75, 3.05) is 20.1 Å². The van der Waals surface area contributed by atoms with Gasteiger partial charge in [-0.3, -0.25) is 9.59 Å². The van der Waals surface area contributed by atoms with Crippen LogP contribution >= 0.6 is 12.4 Å². The number of hydrogen-bond acceptors (Lipinski definition) is 3. The Kier molecular flexibility index (Phi) is 10.5. The van der Waals surface area contributed by atoms with E-state index in [2.05, 4.69) is 12.2 Å². The number of carbonyl (C=O) groups excluding carboxylic acids is 2. The van der Waals surface area contributed by atoms with Gasteiger partial charge in [0, 0.05) is 37.5 Å². The first-order valence-electron chi connectivity index (χ1n) is 9.71. The van der Waals surface area contributed by atoms with Crippen LogP contribution < -0.4 is 5.32 Å². The largest absolute Gasteiger partial charge is 0.343 e. The van der Waals surface area contributed by atoms with Crippen LogP contribution in [0.1, 0.15) is 67.8 Å². The SMILES string of the molecule is CCCCCc1ccc(C(=O)CCC(=O)N2CCC(NC)CC2)cc1.Cl. The summed E-state index contributed by atoms with van der Waals surface area (Å²) < 4.78 is 0. The molecule has 2 rings (SSSR count). The maximum atomic E-state index is 12.3. The van der Waals surface area contributed by atoms with Gasteiger partial charge >= 0.3 is 0 Å². The number of piperidine rings is 1. The van der Waals surface area contributed by atoms with E-state index in [4.69, 9.17) is 0 Å². The number of rotatable bonds is 9. The Morgan fingerprint density at radius 2 is 1.73 bits per heavy atom. The zero-order valence-electron chi connectivity index (χ0n) is 16.1. The Morgan fingerprint density at radius 3 is 2.31 bits per heavy atom. The van der Waals surface area contributed by atoms with Crippen molar-refractivity contribution in [3.05, 3.63) is 35.4 Å². The molecule has 0 aromatic heterocycles. The fraction of sp³-hybridized carbons (Fsp3) is 0.619. The topological polar surface area (TPSA) is 49.4 Å². The van der Waals surface area contributed by atoms with E-state index in [1.165, 1.54) is 24.8 Å². The first kappa shape index (κ1) is 22.7. The Hall–Kier alpha value is -1.39. The second kappa shape index (κ2) is 12.1. The summed E-state index contributed by atoms with van der Waals surface area (Å²) in [6.07, 6.45) is 7.35. The summed E-state index contributed by atoms with van der Waals surface area (Å²) in [5, 5.41) is 3.26. The molecule has 0 unspecified atom stereocenters. The fourth-order valence-electron chi connectivity index (χ4n) is 3.38. The number of amides is 1. The van der Waals surface area contributed by atoms with Crippen LogP contribution in [0.2, 0.25) is 0 Å². The molecule has 1 aliphatic rings. The van der Waals surface area contributed by atoms with Crippen LogP contribution in [-0.2, 0) is 11.2 Å². The third-order valence-electron chi connectivity index (χ3n) is 5.17. The molecule has 1 aliphatic heterocycles. The molecule has 1 amide bonds. The molecule has 1 saturated heterocycles. The number of aryl methyl sites for hydroxylation is 1. The number of likely N-dealkylation sites (tertiary alicyclic amines) is 1. The maximum Gasteiger partial charge on any atom is 0.223 e. The second-order valence-electron chi connectivity index (χ2n) is 7.02. The van der Waals surface area contributed by atoms with Gasteiger partial charge in [-0.2, -0.15) is 0 Å². The highest BCUT2D eigenvalue weighted by molar-refractivity contribution is 5.98. The molecule has 1 heterocycles. The minimum atomic E-state index is 0. The molecule has 26 heavy (non-hydrogen) atoms. The molecule has 0 aliphatic carbocycles. The summed E-state index contributed by atoms with van der Waals surface area (Å²) in [5.74, 6) is 0.178. The number of benzene rings is 1. The summed E-state index contributed by atoms with van der Waals surface area (Å²) >= 11 is 0. The van der Waals surface area contributed by atoms with Crippen LogP contribution in [-0.4, -0.2) is 42.8 Å². The number of unbranched alkanes of at least 4 members (excludes halogenated alkanes) is 2. The lowest BCUT2D eigenvalue weighted by atomic mass is 10.0. The highest BCUT2D eigenvalue weighted by atomic mass is 35.5. The third kappa shape index (κ3) is 7.08. The molecule has 1 N–H and O–H groups in total. The van der Waals surface area contributed by atoms with E-state index < -0.39 is 0 Å². The number of nitrogens with zero attached hydrogens (tertiary/aromatic N) is 1. The highest BCUT2D eigenvalue weighted by Crippen LogP contribution is 2.14. The average Bonchev–Trinajstić information content (AvgIpc) is 2.66. The van der Waals surface area contributed by atoms with Crippen molar-refractivity contribution in [3.8, 4) is 0 Å². The molecule has 4 nitrogen and oxygen atoms in total. The summed E-state index contributed by atoms with van der Waals surface area (Å²) in [6, 6.07) is 8.43. The summed E-state index contributed by atoms with van der Waals surface area (Å²) in [7, 11) is 1.97. The van der Waals surface area contributed by atoms with Gasteiger partial charge in [0.2, 0.25) is 5.91 Å². The van der Waals surface area contributed by atoms with E-state index in [1.54, 1.807) is 0 Å². The molecule has 1 aromatic carbocycles. The third-order valence-corrected chi connectivity index (χ3v) is 5.17. The van der Waals surface area contributed by atoms with Gasteiger partial charge in [0.05, 0.1) is 0 Å². The number of ketones is 1. The number of hydrogen-bond donors (Lipinski definition) is 1. The van der Waals surface area contributed by atoms with Crippen molar-refractivity contribution in [1.29, 1.82) is 0 Å². The van der Waals surface area contributed by atoms with Crippen LogP contribution in [0.5, 0.6) is 0 Å². The standard InChI is InChI=1S/C21H32N2O2.ClH/c1-3-4-5-6-17-7-9-18(10-8-17)20(24)11-12-21(25)23-15-13-19(22-2)14-16-23;/h7-10,19,22H,3-6,11-16H2,1-2H3;1H. The van der Waals surface area contributed by atoms with E-state index in [0.29, 0.717) is 18.9 Å². The molecule has 1 aromatic rings. The van der Waals surface area contributed by atoms with E-state index in [-0.39, 0.29) is 24.1 Å². The van der Waals surface area contributed by atoms with Crippen LogP contribution in [0.3, 0.4) is 0 Å². The number of Topliss-reactive ketones (excluding diaryl/α,β-unsaturated/α-hetero) is 1. The van der Waals surface area contributed by atoms with Crippen molar-refractivity contribution >= 4 is 24.1 Å². The molecule has 5 heteroatoms. The first-order valence-corrected chi connectivity index (χ1v) is 9.71. The Labute approximate surface area is 164 Å². The van der Waals surface area contributed by atoms with Crippen molar-refractivity contribution < 1.29 is 9.59 Å². The number of carbonyl (C=O) groups is 2. The monoisotopic (exact) mass is 380 g/mol. The zero-order valence-corrected chi connectivity index (χ0v) is 16.9. The number of nitrogens with one attached hydrogen (secondary N) is 1. The average molecular weight is 381 g/mol. The van der Waals surface area contributed by atoms with Crippen molar-refractivity contribution in [3.63, 3.8) is 0 Å². The van der Waals surface area contributed by atoms with Gasteiger partial charge in [0.1, 0.15) is 0 Å². The molecule has 0 saturated carbocycles. The highest BCUT2D eigenvalue weighted by Gasteiger charge is 2.22. The predicted molar refractivity (Wildman–Crippen MR) is 109 cm³/mol. The molecule has 0 atom stereocenters. The fourth-order valence-corrected chi connectivity index (χ4v) is 3.38. The van der Waals surface area contributed by atoms with Gasteiger partial charge in [-0.05, 0) is 38.3 Å². The van der Waals surface area contributed by atoms with Crippen molar-refractivity contribution in [2.24, 2.45) is 0 Å². The van der Waals surface area contributed by atoms with E-state index in [0.717, 1.165) is 37.9 Å². The van der Waals surface area contributed by atoms with Gasteiger partial charge < -0.3 is 10.2 Å². The lowest BCUT2D eigenvalue weighted by Gasteiger charge is -2.31. The van der Waals surface area contributed by atoms with Gasteiger partial charge in [-0.25, -0.2) is 0 Å². The summed E-state index contributed by atoms with van der Waals surface area (Å²) in [5.41, 5.74) is 2.01. The molecule has 0 radical (unpaired) electrons. The minimum Gasteiger partial charge on any atom is -0.343 e. The normalized spacial score (nSPS) is 14.8. The van der Waals surface area contributed by atoms with Crippen molar-refractivity contribution in [1.82, 2.24) is 10.2 Å². The van der Waals surface area contributed by atoms with Gasteiger partial charge in [-0.1, -0.05) is 44.0 Å². The Bertz CT molecular complexity index is 552. The van der Waals surface area contributed by atoms with Gasteiger partial charge in [-0.15, -0.1) is 12.4 Å². The number of halogens is 1. The second-order valence-corrected chi connectivity index (χ2v) is 7.02. The molecule has 0 spiro atoms. The van der Waals surface area contributed by atoms with Gasteiger partial charge in [0.25, 0.3) is 0 Å². The quantitative estimate of drug-likeness (QED) is 0.520. The Morgan fingerprint density at radius 1 is 1.08 bits per heavy atom.